The molecule has 1 aliphatic heterocycles. The summed E-state index contributed by atoms with van der Waals surface area (Å²) in [7, 11) is 1.34. The zero-order valence-electron chi connectivity index (χ0n) is 12.7. The van der Waals surface area contributed by atoms with E-state index in [9.17, 15) is 14.0 Å². The molecule has 2 aromatic carbocycles. The van der Waals surface area contributed by atoms with Crippen LogP contribution in [-0.2, 0) is 9.53 Å². The minimum Gasteiger partial charge on any atom is -0.469 e. The van der Waals surface area contributed by atoms with Crippen molar-refractivity contribution in [2.45, 2.75) is 12.3 Å². The smallest absolute Gasteiger partial charge is 0.306 e. The summed E-state index contributed by atoms with van der Waals surface area (Å²) in [5.41, 5.74) is 1.65. The average molecular weight is 313 g/mol. The van der Waals surface area contributed by atoms with Crippen molar-refractivity contribution in [1.29, 1.82) is 0 Å². The average Bonchev–Trinajstić information content (AvgIpc) is 2.93. The normalized spacial score (nSPS) is 16.1. The molecule has 1 amide bonds. The molecule has 0 radical (unpaired) electrons. The summed E-state index contributed by atoms with van der Waals surface area (Å²) in [4.78, 5) is 25.8. The van der Waals surface area contributed by atoms with Gasteiger partial charge in [0.05, 0.1) is 19.1 Å². The summed E-state index contributed by atoms with van der Waals surface area (Å²) in [5.74, 6) is -1.42. The monoisotopic (exact) mass is 313 g/mol. The van der Waals surface area contributed by atoms with Gasteiger partial charge in [-0.2, -0.15) is 0 Å². The lowest BCUT2D eigenvalue weighted by molar-refractivity contribution is -0.141. The van der Waals surface area contributed by atoms with Crippen LogP contribution in [0.1, 0.15) is 28.3 Å². The number of nitrogens with zero attached hydrogens (tertiary/aromatic N) is 1. The van der Waals surface area contributed by atoms with E-state index in [0.29, 0.717) is 6.54 Å². The van der Waals surface area contributed by atoms with Gasteiger partial charge in [-0.25, -0.2) is 4.39 Å². The maximum atomic E-state index is 13.9. The van der Waals surface area contributed by atoms with Crippen LogP contribution in [0.3, 0.4) is 0 Å². The molecule has 5 heteroatoms. The van der Waals surface area contributed by atoms with Crippen molar-refractivity contribution in [1.82, 2.24) is 0 Å². The summed E-state index contributed by atoms with van der Waals surface area (Å²) < 4.78 is 18.6. The molecule has 0 aromatic heterocycles. The molecule has 0 aliphatic carbocycles. The number of amides is 1. The predicted molar refractivity (Wildman–Crippen MR) is 83.9 cm³/mol. The van der Waals surface area contributed by atoms with Crippen LogP contribution in [0, 0.1) is 5.82 Å². The number of ether oxygens (including phenoxy) is 1. The van der Waals surface area contributed by atoms with Crippen LogP contribution in [0.5, 0.6) is 0 Å². The first-order chi connectivity index (χ1) is 11.1. The van der Waals surface area contributed by atoms with E-state index >= 15 is 0 Å². The molecule has 4 nitrogen and oxygen atoms in total. The number of carbonyl (C=O) groups is 2. The van der Waals surface area contributed by atoms with E-state index in [0.717, 1.165) is 11.3 Å². The molecule has 1 aliphatic rings. The van der Waals surface area contributed by atoms with Gasteiger partial charge < -0.3 is 9.64 Å². The Morgan fingerprint density at radius 1 is 1.17 bits per heavy atom. The summed E-state index contributed by atoms with van der Waals surface area (Å²) in [6.45, 7) is 0.335. The minimum atomic E-state index is -0.550. The van der Waals surface area contributed by atoms with Crippen LogP contribution < -0.4 is 4.90 Å². The first-order valence-corrected chi connectivity index (χ1v) is 7.34. The van der Waals surface area contributed by atoms with Gasteiger partial charge in [0.15, 0.2) is 0 Å². The molecule has 118 valence electrons. The van der Waals surface area contributed by atoms with Crippen molar-refractivity contribution in [3.63, 3.8) is 0 Å². The van der Waals surface area contributed by atoms with Crippen molar-refractivity contribution in [3.05, 3.63) is 65.5 Å². The first-order valence-electron chi connectivity index (χ1n) is 7.34. The van der Waals surface area contributed by atoms with Crippen LogP contribution in [-0.4, -0.2) is 25.5 Å². The Bertz CT molecular complexity index is 759. The molecule has 0 spiro atoms. The van der Waals surface area contributed by atoms with Gasteiger partial charge in [-0.05, 0) is 23.8 Å². The Hall–Kier alpha value is -2.69. The lowest BCUT2D eigenvalue weighted by atomic mass is 9.98. The zero-order valence-corrected chi connectivity index (χ0v) is 12.7. The molecule has 1 heterocycles. The second-order valence-corrected chi connectivity index (χ2v) is 5.43. The van der Waals surface area contributed by atoms with Gasteiger partial charge in [0.2, 0.25) is 0 Å². The molecule has 0 N–H and O–H groups in total. The highest BCUT2D eigenvalue weighted by Crippen LogP contribution is 2.39. The number of hydrogen-bond acceptors (Lipinski definition) is 3. The van der Waals surface area contributed by atoms with E-state index in [1.807, 2.05) is 24.3 Å². The van der Waals surface area contributed by atoms with Crippen molar-refractivity contribution in [3.8, 4) is 0 Å². The zero-order chi connectivity index (χ0) is 16.4. The number of benzene rings is 2. The number of esters is 1. The fourth-order valence-electron chi connectivity index (χ4n) is 2.93. The third-order valence-corrected chi connectivity index (χ3v) is 4.06. The van der Waals surface area contributed by atoms with E-state index in [2.05, 4.69) is 0 Å². The second kappa shape index (κ2) is 6.20. The number of rotatable bonds is 3. The third-order valence-electron chi connectivity index (χ3n) is 4.06. The summed E-state index contributed by atoms with van der Waals surface area (Å²) in [6.07, 6.45) is 0.189. The van der Waals surface area contributed by atoms with E-state index < -0.39 is 11.7 Å². The van der Waals surface area contributed by atoms with Crippen LogP contribution in [0.25, 0.3) is 0 Å². The highest BCUT2D eigenvalue weighted by Gasteiger charge is 2.34. The quantitative estimate of drug-likeness (QED) is 0.818. The molecule has 0 bridgehead atoms. The molecular weight excluding hydrogens is 297 g/mol. The number of methoxy groups -OCH3 is 1. The Balaban J connectivity index is 1.94. The summed E-state index contributed by atoms with van der Waals surface area (Å²) >= 11 is 0. The number of halogens is 1. The second-order valence-electron chi connectivity index (χ2n) is 5.43. The number of carbonyl (C=O) groups excluding carboxylic acids is 2. The highest BCUT2D eigenvalue weighted by atomic mass is 19.1. The van der Waals surface area contributed by atoms with Crippen molar-refractivity contribution >= 4 is 17.6 Å². The minimum absolute atomic E-state index is 0.0287. The van der Waals surface area contributed by atoms with Crippen molar-refractivity contribution < 1.29 is 18.7 Å². The molecule has 1 atom stereocenters. The Kier molecular flexibility index (Phi) is 4.10. The third kappa shape index (κ3) is 2.82. The molecular formula is C18H16FNO3. The van der Waals surface area contributed by atoms with Crippen molar-refractivity contribution in [2.75, 3.05) is 18.6 Å². The Morgan fingerprint density at radius 3 is 2.61 bits per heavy atom. The van der Waals surface area contributed by atoms with Gasteiger partial charge in [-0.3, -0.25) is 9.59 Å². The van der Waals surface area contributed by atoms with Gasteiger partial charge in [-0.15, -0.1) is 0 Å². The Morgan fingerprint density at radius 2 is 1.87 bits per heavy atom. The SMILES string of the molecule is COC(=O)CC1CN(C(=O)c2ccccc2F)c2ccccc21. The molecule has 23 heavy (non-hydrogen) atoms. The van der Waals surface area contributed by atoms with Gasteiger partial charge in [0.1, 0.15) is 5.82 Å². The molecule has 0 saturated heterocycles. The number of hydrogen-bond donors (Lipinski definition) is 0. The largest absolute Gasteiger partial charge is 0.469 e. The van der Waals surface area contributed by atoms with Gasteiger partial charge in [0, 0.05) is 18.2 Å². The molecule has 0 saturated carbocycles. The molecule has 3 rings (SSSR count). The summed E-state index contributed by atoms with van der Waals surface area (Å²) in [5, 5.41) is 0. The van der Waals surface area contributed by atoms with Gasteiger partial charge >= 0.3 is 5.97 Å². The van der Waals surface area contributed by atoms with E-state index in [1.165, 1.54) is 24.1 Å². The maximum Gasteiger partial charge on any atom is 0.306 e. The molecule has 1 unspecified atom stereocenters. The summed E-state index contributed by atoms with van der Waals surface area (Å²) in [6, 6.07) is 13.3. The fraction of sp³-hybridized carbons (Fsp3) is 0.222. The van der Waals surface area contributed by atoms with Crippen LogP contribution in [0.4, 0.5) is 10.1 Å². The standard InChI is InChI=1S/C18H16FNO3/c1-23-17(21)10-12-11-20(16-9-5-3-6-13(12)16)18(22)14-7-2-4-8-15(14)19/h2-9,12H,10-11H2,1H3. The lowest BCUT2D eigenvalue weighted by Gasteiger charge is -2.18. The molecule has 2 aromatic rings. The van der Waals surface area contributed by atoms with E-state index in [-0.39, 0.29) is 23.9 Å². The highest BCUT2D eigenvalue weighted by molar-refractivity contribution is 6.07. The fourth-order valence-corrected chi connectivity index (χ4v) is 2.93. The van der Waals surface area contributed by atoms with Crippen LogP contribution in [0.2, 0.25) is 0 Å². The van der Waals surface area contributed by atoms with Gasteiger partial charge in [0.25, 0.3) is 5.91 Å². The van der Waals surface area contributed by atoms with Crippen molar-refractivity contribution in [2.24, 2.45) is 0 Å². The maximum absolute atomic E-state index is 13.9. The first kappa shape index (κ1) is 15.2. The van der Waals surface area contributed by atoms with E-state index in [4.69, 9.17) is 4.74 Å². The number of fused-ring (bicyclic) bond motifs is 1. The molecule has 0 fully saturated rings. The predicted octanol–water partition coefficient (Wildman–Crippen LogP) is 3.13. The van der Waals surface area contributed by atoms with Gasteiger partial charge in [-0.1, -0.05) is 30.3 Å². The lowest BCUT2D eigenvalue weighted by Crippen LogP contribution is -2.31. The Labute approximate surface area is 133 Å². The van der Waals surface area contributed by atoms with E-state index in [1.54, 1.807) is 12.1 Å². The number of anilines is 1. The number of para-hydroxylation sites is 1. The van der Waals surface area contributed by atoms with Crippen LogP contribution >= 0.6 is 0 Å². The van der Waals surface area contributed by atoms with Crippen LogP contribution in [0.15, 0.2) is 48.5 Å². The topological polar surface area (TPSA) is 46.6 Å².